The molecule has 0 unspecified atom stereocenters. The fraction of sp³-hybridized carbons (Fsp3) is 0.333. The maximum atomic E-state index is 12.7. The highest BCUT2D eigenvalue weighted by Crippen LogP contribution is 2.40. The molecule has 18 nitrogen and oxygen atoms in total. The van der Waals surface area contributed by atoms with Gasteiger partial charge in [0.05, 0.1) is 12.1 Å². The summed E-state index contributed by atoms with van der Waals surface area (Å²) in [6.45, 7) is -1.24. The van der Waals surface area contributed by atoms with E-state index in [0.717, 1.165) is 28.8 Å². The van der Waals surface area contributed by atoms with E-state index in [4.69, 9.17) is 21.7 Å². The number of nitrogens with two attached hydrogens (primary N) is 3. The van der Waals surface area contributed by atoms with E-state index in [2.05, 4.69) is 14.8 Å². The minimum Gasteiger partial charge on any atom is -0.480 e. The Labute approximate surface area is 235 Å². The fourth-order valence-corrected chi connectivity index (χ4v) is 5.76. The van der Waals surface area contributed by atoms with Crippen LogP contribution in [0.2, 0.25) is 0 Å². The smallest absolute Gasteiger partial charge is 0.429 e. The van der Waals surface area contributed by atoms with Crippen molar-refractivity contribution in [1.82, 2.24) is 10.2 Å². The number of primary amides is 1. The molecule has 3 rings (SSSR count). The van der Waals surface area contributed by atoms with Gasteiger partial charge in [0.2, 0.25) is 5.91 Å². The van der Waals surface area contributed by atoms with Crippen LogP contribution >= 0.6 is 11.8 Å². The molecule has 9 N–H and O–H groups in total. The van der Waals surface area contributed by atoms with Crippen molar-refractivity contribution >= 4 is 63.6 Å². The zero-order valence-corrected chi connectivity index (χ0v) is 22.4. The number of carbonyl (C=O) groups excluding carboxylic acids is 4. The number of aliphatic carboxylic acids is 2. The molecule has 4 amide bonds. The number of hydrogen-bond donors (Lipinski definition) is 6. The van der Waals surface area contributed by atoms with Crippen LogP contribution in [0, 0.1) is 0 Å². The number of rotatable bonds is 11. The third kappa shape index (κ3) is 7.22. The quantitative estimate of drug-likeness (QED) is 0.142. The number of anilines is 1. The average molecular weight is 617 g/mol. The van der Waals surface area contributed by atoms with Gasteiger partial charge in [-0.2, -0.15) is 12.7 Å². The summed E-state index contributed by atoms with van der Waals surface area (Å²) in [4.78, 5) is 72.0. The number of ether oxygens (including phenoxy) is 2. The molecule has 20 heteroatoms. The highest BCUT2D eigenvalue weighted by atomic mass is 32.2. The summed E-state index contributed by atoms with van der Waals surface area (Å²) in [7, 11) is -4.70. The molecule has 3 atom stereocenters. The number of nitrogens with zero attached hydrogens (tertiary/aromatic N) is 2. The number of carboxylic acids is 2. The van der Waals surface area contributed by atoms with Crippen LogP contribution < -0.4 is 26.2 Å². The molecular weight excluding hydrogens is 592 g/mol. The lowest BCUT2D eigenvalue weighted by atomic mass is 10.0. The Morgan fingerprint density at radius 2 is 1.78 bits per heavy atom. The van der Waals surface area contributed by atoms with Crippen LogP contribution in [-0.2, 0) is 45.3 Å². The lowest BCUT2D eigenvalue weighted by Crippen LogP contribution is -2.70. The van der Waals surface area contributed by atoms with Gasteiger partial charge in [0.1, 0.15) is 36.4 Å². The Bertz CT molecular complexity index is 1410. The number of benzene rings is 1. The van der Waals surface area contributed by atoms with Crippen molar-refractivity contribution in [3.63, 3.8) is 0 Å². The maximum Gasteiger partial charge on any atom is 0.429 e. The highest BCUT2D eigenvalue weighted by molar-refractivity contribution is 8.00. The molecule has 222 valence electrons. The maximum absolute atomic E-state index is 12.7. The number of β-lactam (4-membered cyclic amide) rings is 1. The predicted molar refractivity (Wildman–Crippen MR) is 138 cm³/mol. The third-order valence-electron chi connectivity index (χ3n) is 5.61. The van der Waals surface area contributed by atoms with Crippen LogP contribution in [0.1, 0.15) is 5.56 Å². The van der Waals surface area contributed by atoms with Crippen LogP contribution in [0.15, 0.2) is 35.5 Å². The summed E-state index contributed by atoms with van der Waals surface area (Å²) < 4.78 is 33.3. The molecule has 2 heterocycles. The minimum atomic E-state index is -4.70. The number of fused-ring (bicyclic) bond motifs is 1. The van der Waals surface area contributed by atoms with Crippen LogP contribution in [0.25, 0.3) is 0 Å². The van der Waals surface area contributed by atoms with Crippen molar-refractivity contribution in [3.05, 3.63) is 41.1 Å². The number of hydrogen-bond acceptors (Lipinski definition) is 12. The second-order valence-electron chi connectivity index (χ2n) is 8.49. The number of nitrogens with one attached hydrogen (secondary N) is 1. The van der Waals surface area contributed by atoms with Gasteiger partial charge in [-0.25, -0.2) is 19.5 Å². The first-order valence-corrected chi connectivity index (χ1v) is 13.9. The van der Waals surface area contributed by atoms with Crippen molar-refractivity contribution in [3.8, 4) is 0 Å². The van der Waals surface area contributed by atoms with E-state index < -0.39 is 76.8 Å². The number of carboxylic acid groups (broad SMARTS) is 2. The van der Waals surface area contributed by atoms with Gasteiger partial charge in [-0.3, -0.25) is 19.3 Å². The Hall–Kier alpha value is -4.40. The molecule has 41 heavy (non-hydrogen) atoms. The standard InChI is InChI=1S/C21H24N6O12S2/c22-12(18(30)31)7-39-21(35)27(41(24,36)37)11-3-1-9(2-4-11)5-13(28)25-14-16(29)26-15(19(32)33)10(6-38-20(23)34)8-40-17(14)26/h1-4,12,14,17H,5-8,22H2,(H2,23,34)(H,25,28)(H,30,31)(H,32,33)(H2,24,36,37)/t12-,14-,17-/m1/s1. The molecule has 0 saturated carbocycles. The van der Waals surface area contributed by atoms with Gasteiger partial charge in [0.25, 0.3) is 5.91 Å². The van der Waals surface area contributed by atoms with Crippen LogP contribution in [0.5, 0.6) is 0 Å². The van der Waals surface area contributed by atoms with Gasteiger partial charge in [-0.1, -0.05) is 12.1 Å². The summed E-state index contributed by atoms with van der Waals surface area (Å²) in [5.41, 5.74) is 10.0. The summed E-state index contributed by atoms with van der Waals surface area (Å²) in [5.74, 6) is -4.11. The molecule has 1 aromatic rings. The number of carbonyl (C=O) groups is 6. The van der Waals surface area contributed by atoms with E-state index in [-0.39, 0.29) is 33.4 Å². The van der Waals surface area contributed by atoms with Crippen LogP contribution in [-0.4, -0.2) is 95.9 Å². The topological polar surface area (TPSA) is 292 Å². The van der Waals surface area contributed by atoms with Gasteiger partial charge >= 0.3 is 34.3 Å². The van der Waals surface area contributed by atoms with Gasteiger partial charge < -0.3 is 36.5 Å². The summed E-state index contributed by atoms with van der Waals surface area (Å²) in [6, 6.07) is 2.22. The van der Waals surface area contributed by atoms with Gasteiger partial charge in [0.15, 0.2) is 0 Å². The Balaban J connectivity index is 1.65. The Morgan fingerprint density at radius 3 is 2.32 bits per heavy atom. The molecule has 0 spiro atoms. The van der Waals surface area contributed by atoms with Crippen molar-refractivity contribution in [2.45, 2.75) is 23.9 Å². The molecule has 0 aliphatic carbocycles. The lowest BCUT2D eigenvalue weighted by molar-refractivity contribution is -0.150. The summed E-state index contributed by atoms with van der Waals surface area (Å²) in [5, 5.41) is 25.2. The average Bonchev–Trinajstić information content (AvgIpc) is 2.88. The van der Waals surface area contributed by atoms with Crippen molar-refractivity contribution in [1.29, 1.82) is 0 Å². The van der Waals surface area contributed by atoms with E-state index in [9.17, 15) is 42.3 Å². The van der Waals surface area contributed by atoms with E-state index >= 15 is 0 Å². The molecule has 0 bridgehead atoms. The van der Waals surface area contributed by atoms with Crippen molar-refractivity contribution < 1.29 is 56.9 Å². The molecule has 2 aliphatic heterocycles. The zero-order valence-electron chi connectivity index (χ0n) is 20.8. The molecule has 2 aliphatic rings. The molecule has 1 fully saturated rings. The summed E-state index contributed by atoms with van der Waals surface area (Å²) >= 11 is 1.15. The predicted octanol–water partition coefficient (Wildman–Crippen LogP) is -2.38. The molecule has 0 aromatic heterocycles. The normalized spacial score (nSPS) is 18.9. The molecular formula is C21H24N6O12S2. The first-order valence-electron chi connectivity index (χ1n) is 11.3. The minimum absolute atomic E-state index is 0.0730. The zero-order chi connectivity index (χ0) is 30.6. The van der Waals surface area contributed by atoms with E-state index in [1.807, 2.05) is 0 Å². The SMILES string of the molecule is NC(=O)OCC1=C(C(=O)O)N2C(=O)[C@@H](NC(=O)Cc3ccc(N(C(=O)OC[C@@H](N)C(=O)O)S(N)(=O)=O)cc3)[C@H]2SC1. The number of thioether (sulfide) groups is 1. The van der Waals surface area contributed by atoms with Crippen molar-refractivity contribution in [2.24, 2.45) is 16.6 Å². The van der Waals surface area contributed by atoms with Gasteiger partial charge in [0, 0.05) is 11.3 Å². The number of amides is 4. The largest absolute Gasteiger partial charge is 0.480 e. The van der Waals surface area contributed by atoms with E-state index in [1.165, 1.54) is 12.1 Å². The van der Waals surface area contributed by atoms with Crippen LogP contribution in [0.3, 0.4) is 0 Å². The van der Waals surface area contributed by atoms with E-state index in [0.29, 0.717) is 5.56 Å². The summed E-state index contributed by atoms with van der Waals surface area (Å²) in [6.07, 6.45) is -2.90. The third-order valence-corrected chi connectivity index (χ3v) is 7.82. The van der Waals surface area contributed by atoms with E-state index in [1.54, 1.807) is 0 Å². The van der Waals surface area contributed by atoms with Gasteiger partial charge in [-0.15, -0.1) is 11.8 Å². The first kappa shape index (κ1) is 31.1. The molecule has 0 radical (unpaired) electrons. The lowest BCUT2D eigenvalue weighted by Gasteiger charge is -2.49. The molecule has 1 saturated heterocycles. The highest BCUT2D eigenvalue weighted by Gasteiger charge is 2.54. The molecule has 1 aromatic carbocycles. The fourth-order valence-electron chi connectivity index (χ4n) is 3.76. The van der Waals surface area contributed by atoms with Crippen molar-refractivity contribution in [2.75, 3.05) is 23.3 Å². The first-order chi connectivity index (χ1) is 19.1. The Kier molecular flexibility index (Phi) is 9.42. The monoisotopic (exact) mass is 616 g/mol. The Morgan fingerprint density at radius 1 is 1.15 bits per heavy atom. The second-order valence-corrected chi connectivity index (χ2v) is 11.0. The van der Waals surface area contributed by atoms with Crippen LogP contribution in [0.4, 0.5) is 15.3 Å². The van der Waals surface area contributed by atoms with Gasteiger partial charge in [-0.05, 0) is 17.7 Å². The second kappa shape index (κ2) is 12.4.